The molecule has 25 heavy (non-hydrogen) atoms. The van der Waals surface area contributed by atoms with E-state index in [0.717, 1.165) is 62.9 Å². The van der Waals surface area contributed by atoms with E-state index in [4.69, 9.17) is 0 Å². The van der Waals surface area contributed by atoms with E-state index in [1.165, 1.54) is 16.9 Å². The fourth-order valence-corrected chi connectivity index (χ4v) is 5.17. The minimum atomic E-state index is 0.00656. The zero-order chi connectivity index (χ0) is 17.8. The van der Waals surface area contributed by atoms with E-state index in [0.29, 0.717) is 12.1 Å². The number of nitriles is 1. The van der Waals surface area contributed by atoms with Crippen LogP contribution >= 0.6 is 11.3 Å². The van der Waals surface area contributed by atoms with Gasteiger partial charge in [0.25, 0.3) is 0 Å². The lowest BCUT2D eigenvalue weighted by Crippen LogP contribution is -2.48. The Bertz CT molecular complexity index is 655. The molecule has 1 aromatic heterocycles. The van der Waals surface area contributed by atoms with Gasteiger partial charge in [-0.25, -0.2) is 0 Å². The number of carbonyl (C=O) groups is 1. The second-order valence-corrected chi connectivity index (χ2v) is 8.20. The first-order chi connectivity index (χ1) is 12.1. The molecule has 1 unspecified atom stereocenters. The van der Waals surface area contributed by atoms with Crippen LogP contribution in [0.25, 0.3) is 0 Å². The van der Waals surface area contributed by atoms with Gasteiger partial charge in [0.1, 0.15) is 11.1 Å². The molecule has 1 aliphatic carbocycles. The first kappa shape index (κ1) is 18.4. The van der Waals surface area contributed by atoms with E-state index in [1.54, 1.807) is 11.3 Å². The van der Waals surface area contributed by atoms with Crippen LogP contribution in [-0.4, -0.2) is 55.0 Å². The number of carbonyl (C=O) groups excluding carboxylic acids is 1. The van der Waals surface area contributed by atoms with Crippen molar-refractivity contribution in [1.29, 1.82) is 5.26 Å². The number of fused-ring (bicyclic) bond motifs is 1. The van der Waals surface area contributed by atoms with Crippen LogP contribution in [0.5, 0.6) is 0 Å². The molecule has 0 aromatic carbocycles. The van der Waals surface area contributed by atoms with Gasteiger partial charge in [-0.3, -0.25) is 9.69 Å². The number of hydrogen-bond acceptors (Lipinski definition) is 5. The Balaban J connectivity index is 1.62. The molecule has 2 heterocycles. The van der Waals surface area contributed by atoms with Crippen LogP contribution in [0.4, 0.5) is 5.00 Å². The summed E-state index contributed by atoms with van der Waals surface area (Å²) in [5.41, 5.74) is 1.89. The van der Waals surface area contributed by atoms with Crippen LogP contribution in [0, 0.1) is 17.2 Å². The molecule has 136 valence electrons. The van der Waals surface area contributed by atoms with Gasteiger partial charge >= 0.3 is 0 Å². The molecule has 6 heteroatoms. The minimum Gasteiger partial charge on any atom is -0.315 e. The summed E-state index contributed by atoms with van der Waals surface area (Å²) in [6, 6.07) is 2.33. The van der Waals surface area contributed by atoms with E-state index in [-0.39, 0.29) is 5.91 Å². The number of nitrogens with one attached hydrogen (secondary N) is 1. The maximum absolute atomic E-state index is 12.5. The summed E-state index contributed by atoms with van der Waals surface area (Å²) in [5.74, 6) is 0.725. The standard InChI is InChI=1S/C19H28N4OS/c1-3-14-5-6-15-16(12-20)19(25-17(15)11-14)21-18(24)13-23-9-7-22(4-2)8-10-23/h14H,3-11,13H2,1-2H3,(H,21,24). The molecule has 1 saturated heterocycles. The quantitative estimate of drug-likeness (QED) is 0.877. The molecule has 1 aromatic rings. The third-order valence-electron chi connectivity index (χ3n) is 5.59. The van der Waals surface area contributed by atoms with E-state index in [9.17, 15) is 10.1 Å². The summed E-state index contributed by atoms with van der Waals surface area (Å²) in [4.78, 5) is 18.4. The zero-order valence-electron chi connectivity index (χ0n) is 15.3. The summed E-state index contributed by atoms with van der Waals surface area (Å²) < 4.78 is 0. The molecule has 0 bridgehead atoms. The normalized spacial score (nSPS) is 21.6. The number of rotatable bonds is 5. The molecule has 5 nitrogen and oxygen atoms in total. The van der Waals surface area contributed by atoms with Gasteiger partial charge in [0, 0.05) is 31.1 Å². The second kappa shape index (κ2) is 8.31. The van der Waals surface area contributed by atoms with Crippen molar-refractivity contribution in [3.63, 3.8) is 0 Å². The van der Waals surface area contributed by atoms with Crippen LogP contribution in [0.15, 0.2) is 0 Å². The van der Waals surface area contributed by atoms with Gasteiger partial charge < -0.3 is 10.2 Å². The van der Waals surface area contributed by atoms with Crippen molar-refractivity contribution in [2.24, 2.45) is 5.92 Å². The van der Waals surface area contributed by atoms with Gasteiger partial charge in [0.15, 0.2) is 0 Å². The summed E-state index contributed by atoms with van der Waals surface area (Å²) >= 11 is 1.62. The average molecular weight is 361 g/mol. The third kappa shape index (κ3) is 4.22. The van der Waals surface area contributed by atoms with Crippen LogP contribution < -0.4 is 5.32 Å². The summed E-state index contributed by atoms with van der Waals surface area (Å²) in [6.07, 6.45) is 4.37. The van der Waals surface area contributed by atoms with Crippen molar-refractivity contribution >= 4 is 22.2 Å². The van der Waals surface area contributed by atoms with Crippen molar-refractivity contribution in [1.82, 2.24) is 9.80 Å². The predicted octanol–water partition coefficient (Wildman–Crippen LogP) is 2.71. The minimum absolute atomic E-state index is 0.00656. The van der Waals surface area contributed by atoms with Crippen LogP contribution in [0.1, 0.15) is 42.7 Å². The van der Waals surface area contributed by atoms with Crippen molar-refractivity contribution in [2.45, 2.75) is 39.5 Å². The van der Waals surface area contributed by atoms with Gasteiger partial charge in [0.2, 0.25) is 5.91 Å². The Morgan fingerprint density at radius 2 is 2.00 bits per heavy atom. The molecule has 1 amide bonds. The average Bonchev–Trinajstić information content (AvgIpc) is 2.97. The third-order valence-corrected chi connectivity index (χ3v) is 6.76. The molecular weight excluding hydrogens is 332 g/mol. The molecule has 0 saturated carbocycles. The van der Waals surface area contributed by atoms with E-state index in [1.807, 2.05) is 0 Å². The number of likely N-dealkylation sites (N-methyl/N-ethyl adjacent to an activating group) is 1. The topological polar surface area (TPSA) is 59.4 Å². The number of nitrogens with zero attached hydrogens (tertiary/aromatic N) is 3. The van der Waals surface area contributed by atoms with Gasteiger partial charge in [-0.15, -0.1) is 11.3 Å². The zero-order valence-corrected chi connectivity index (χ0v) is 16.1. The number of anilines is 1. The number of hydrogen-bond donors (Lipinski definition) is 1. The molecule has 0 spiro atoms. The highest BCUT2D eigenvalue weighted by atomic mass is 32.1. The Hall–Kier alpha value is -1.42. The van der Waals surface area contributed by atoms with Crippen molar-refractivity contribution in [2.75, 3.05) is 44.6 Å². The van der Waals surface area contributed by atoms with Crippen LogP contribution in [0.3, 0.4) is 0 Å². The molecule has 1 aliphatic heterocycles. The Labute approximate surface area is 154 Å². The molecule has 2 aliphatic rings. The van der Waals surface area contributed by atoms with E-state index >= 15 is 0 Å². The predicted molar refractivity (Wildman–Crippen MR) is 102 cm³/mol. The highest BCUT2D eigenvalue weighted by Crippen LogP contribution is 2.39. The smallest absolute Gasteiger partial charge is 0.239 e. The Kier molecular flexibility index (Phi) is 6.10. The highest BCUT2D eigenvalue weighted by Gasteiger charge is 2.26. The lowest BCUT2D eigenvalue weighted by Gasteiger charge is -2.33. The first-order valence-electron chi connectivity index (χ1n) is 9.43. The van der Waals surface area contributed by atoms with Crippen molar-refractivity contribution in [3.8, 4) is 6.07 Å². The Morgan fingerprint density at radius 1 is 1.28 bits per heavy atom. The number of piperazine rings is 1. The fourth-order valence-electron chi connectivity index (χ4n) is 3.84. The monoisotopic (exact) mass is 360 g/mol. The maximum Gasteiger partial charge on any atom is 0.239 e. The SMILES string of the molecule is CCC1CCc2c(sc(NC(=O)CN3CCN(CC)CC3)c2C#N)C1. The summed E-state index contributed by atoms with van der Waals surface area (Å²) in [7, 11) is 0. The van der Waals surface area contributed by atoms with Crippen molar-refractivity contribution in [3.05, 3.63) is 16.0 Å². The lowest BCUT2D eigenvalue weighted by atomic mass is 9.86. The molecule has 3 rings (SSSR count). The first-order valence-corrected chi connectivity index (χ1v) is 10.2. The second-order valence-electron chi connectivity index (χ2n) is 7.10. The van der Waals surface area contributed by atoms with Gasteiger partial charge in [0.05, 0.1) is 12.1 Å². The summed E-state index contributed by atoms with van der Waals surface area (Å²) in [5, 5.41) is 13.4. The van der Waals surface area contributed by atoms with Crippen LogP contribution in [-0.2, 0) is 17.6 Å². The Morgan fingerprint density at radius 3 is 2.64 bits per heavy atom. The highest BCUT2D eigenvalue weighted by molar-refractivity contribution is 7.16. The van der Waals surface area contributed by atoms with E-state index in [2.05, 4.69) is 35.0 Å². The van der Waals surface area contributed by atoms with Crippen LogP contribution in [0.2, 0.25) is 0 Å². The van der Waals surface area contributed by atoms with Gasteiger partial charge in [-0.1, -0.05) is 20.3 Å². The van der Waals surface area contributed by atoms with Gasteiger partial charge in [-0.2, -0.15) is 5.26 Å². The van der Waals surface area contributed by atoms with Gasteiger partial charge in [-0.05, 0) is 37.3 Å². The fraction of sp³-hybridized carbons (Fsp3) is 0.684. The summed E-state index contributed by atoms with van der Waals surface area (Å²) in [6.45, 7) is 9.82. The number of amides is 1. The maximum atomic E-state index is 12.5. The molecule has 1 atom stereocenters. The van der Waals surface area contributed by atoms with E-state index < -0.39 is 0 Å². The molecule has 1 N–H and O–H groups in total. The lowest BCUT2D eigenvalue weighted by molar-refractivity contribution is -0.117. The largest absolute Gasteiger partial charge is 0.315 e. The molecular formula is C19H28N4OS. The number of thiophene rings is 1. The molecule has 1 fully saturated rings. The molecule has 0 radical (unpaired) electrons. The van der Waals surface area contributed by atoms with Crippen molar-refractivity contribution < 1.29 is 4.79 Å².